The monoisotopic (exact) mass is 373 g/mol. The molecule has 4 nitrogen and oxygen atoms in total. The number of aryl methyl sites for hydroxylation is 1. The predicted octanol–water partition coefficient (Wildman–Crippen LogP) is 4.38. The smallest absolute Gasteiger partial charge is 0.230 e. The van der Waals surface area contributed by atoms with E-state index in [2.05, 4.69) is 24.4 Å². The number of amides is 1. The molecule has 26 heavy (non-hydrogen) atoms. The van der Waals surface area contributed by atoms with E-state index < -0.39 is 0 Å². The van der Waals surface area contributed by atoms with E-state index in [1.54, 1.807) is 11.8 Å². The van der Waals surface area contributed by atoms with Crippen LogP contribution < -0.4 is 14.8 Å². The average Bonchev–Trinajstić information content (AvgIpc) is 2.63. The number of benzene rings is 2. The van der Waals surface area contributed by atoms with Gasteiger partial charge in [-0.05, 0) is 56.2 Å². The van der Waals surface area contributed by atoms with E-state index in [0.717, 1.165) is 22.8 Å². The number of carbonyl (C=O) groups excluding carboxylic acids is 1. The van der Waals surface area contributed by atoms with Crippen LogP contribution in [-0.4, -0.2) is 30.6 Å². The molecular weight excluding hydrogens is 346 g/mol. The van der Waals surface area contributed by atoms with Gasteiger partial charge in [0.15, 0.2) is 0 Å². The second-order valence-corrected chi connectivity index (χ2v) is 7.06. The first-order chi connectivity index (χ1) is 12.6. The summed E-state index contributed by atoms with van der Waals surface area (Å²) in [6, 6.07) is 15.7. The first-order valence-corrected chi connectivity index (χ1v) is 10.0. The summed E-state index contributed by atoms with van der Waals surface area (Å²) in [5.41, 5.74) is 2.35. The van der Waals surface area contributed by atoms with Gasteiger partial charge in [0.05, 0.1) is 25.0 Å². The van der Waals surface area contributed by atoms with Crippen molar-refractivity contribution in [1.82, 2.24) is 5.32 Å². The highest BCUT2D eigenvalue weighted by atomic mass is 32.2. The van der Waals surface area contributed by atoms with E-state index in [1.807, 2.05) is 50.2 Å². The maximum atomic E-state index is 12.1. The van der Waals surface area contributed by atoms with Crippen molar-refractivity contribution in [2.45, 2.75) is 26.8 Å². The van der Waals surface area contributed by atoms with Gasteiger partial charge in [-0.3, -0.25) is 4.79 Å². The molecule has 0 aromatic heterocycles. The SMILES string of the molecule is CCOc1ccc(OCCSCC(=O)NC(C)c2ccccc2C)cc1. The van der Waals surface area contributed by atoms with Crippen LogP contribution in [0.2, 0.25) is 0 Å². The Morgan fingerprint density at radius 3 is 2.38 bits per heavy atom. The van der Waals surface area contributed by atoms with Gasteiger partial charge in [0.1, 0.15) is 11.5 Å². The van der Waals surface area contributed by atoms with Crippen molar-refractivity contribution >= 4 is 17.7 Å². The Labute approximate surface area is 160 Å². The van der Waals surface area contributed by atoms with Gasteiger partial charge in [0.25, 0.3) is 0 Å². The summed E-state index contributed by atoms with van der Waals surface area (Å²) in [4.78, 5) is 12.1. The Bertz CT molecular complexity index is 688. The molecule has 0 heterocycles. The normalized spacial score (nSPS) is 11.7. The van der Waals surface area contributed by atoms with Crippen LogP contribution >= 0.6 is 11.8 Å². The molecule has 1 amide bonds. The van der Waals surface area contributed by atoms with Crippen LogP contribution in [0.15, 0.2) is 48.5 Å². The van der Waals surface area contributed by atoms with Crippen LogP contribution in [0.3, 0.4) is 0 Å². The van der Waals surface area contributed by atoms with E-state index >= 15 is 0 Å². The molecule has 140 valence electrons. The van der Waals surface area contributed by atoms with Crippen LogP contribution in [0, 0.1) is 6.92 Å². The summed E-state index contributed by atoms with van der Waals surface area (Å²) in [7, 11) is 0. The molecule has 0 aliphatic carbocycles. The minimum absolute atomic E-state index is 0.0180. The fraction of sp³-hybridized carbons (Fsp3) is 0.381. The van der Waals surface area contributed by atoms with E-state index in [-0.39, 0.29) is 11.9 Å². The lowest BCUT2D eigenvalue weighted by atomic mass is 10.0. The summed E-state index contributed by atoms with van der Waals surface area (Å²) in [6.45, 7) is 7.26. The van der Waals surface area contributed by atoms with E-state index in [4.69, 9.17) is 9.47 Å². The van der Waals surface area contributed by atoms with Crippen molar-refractivity contribution in [2.24, 2.45) is 0 Å². The van der Waals surface area contributed by atoms with Crippen molar-refractivity contribution < 1.29 is 14.3 Å². The number of carbonyl (C=O) groups is 1. The molecule has 1 N–H and O–H groups in total. The molecule has 0 aliphatic heterocycles. The number of hydrogen-bond donors (Lipinski definition) is 1. The van der Waals surface area contributed by atoms with Crippen molar-refractivity contribution in [3.05, 3.63) is 59.7 Å². The van der Waals surface area contributed by atoms with Crippen LogP contribution in [0.4, 0.5) is 0 Å². The summed E-state index contributed by atoms with van der Waals surface area (Å²) in [5.74, 6) is 2.90. The topological polar surface area (TPSA) is 47.6 Å². The molecule has 0 radical (unpaired) electrons. The summed E-state index contributed by atoms with van der Waals surface area (Å²) in [5, 5.41) is 3.05. The molecule has 1 unspecified atom stereocenters. The lowest BCUT2D eigenvalue weighted by Gasteiger charge is -2.16. The summed E-state index contributed by atoms with van der Waals surface area (Å²) < 4.78 is 11.1. The van der Waals surface area contributed by atoms with Gasteiger partial charge < -0.3 is 14.8 Å². The minimum Gasteiger partial charge on any atom is -0.494 e. The first kappa shape index (κ1) is 20.2. The number of nitrogens with one attached hydrogen (secondary N) is 1. The Morgan fingerprint density at radius 2 is 1.73 bits per heavy atom. The van der Waals surface area contributed by atoms with E-state index in [0.29, 0.717) is 19.0 Å². The molecule has 1 atom stereocenters. The molecule has 0 aliphatic rings. The number of rotatable bonds is 10. The van der Waals surface area contributed by atoms with Gasteiger partial charge in [0.2, 0.25) is 5.91 Å². The van der Waals surface area contributed by atoms with Crippen molar-refractivity contribution in [3.8, 4) is 11.5 Å². The van der Waals surface area contributed by atoms with Gasteiger partial charge in [-0.1, -0.05) is 24.3 Å². The predicted molar refractivity (Wildman–Crippen MR) is 108 cm³/mol. The molecule has 0 saturated heterocycles. The van der Waals surface area contributed by atoms with Crippen LogP contribution in [0.1, 0.15) is 31.0 Å². The van der Waals surface area contributed by atoms with Crippen molar-refractivity contribution in [1.29, 1.82) is 0 Å². The average molecular weight is 374 g/mol. The fourth-order valence-electron chi connectivity index (χ4n) is 2.62. The molecule has 0 fully saturated rings. The van der Waals surface area contributed by atoms with Gasteiger partial charge in [-0.25, -0.2) is 0 Å². The third-order valence-corrected chi connectivity index (χ3v) is 4.82. The van der Waals surface area contributed by atoms with Gasteiger partial charge in [-0.15, -0.1) is 11.8 Å². The maximum Gasteiger partial charge on any atom is 0.230 e. The highest BCUT2D eigenvalue weighted by molar-refractivity contribution is 7.99. The molecule has 2 aromatic rings. The third-order valence-electron chi connectivity index (χ3n) is 3.90. The van der Waals surface area contributed by atoms with Crippen LogP contribution in [0.5, 0.6) is 11.5 Å². The fourth-order valence-corrected chi connectivity index (χ4v) is 3.23. The third kappa shape index (κ3) is 6.64. The number of thioether (sulfide) groups is 1. The van der Waals surface area contributed by atoms with Gasteiger partial charge in [-0.2, -0.15) is 0 Å². The van der Waals surface area contributed by atoms with Crippen LogP contribution in [-0.2, 0) is 4.79 Å². The molecule has 0 saturated carbocycles. The molecule has 2 rings (SSSR count). The molecular formula is C21H27NO3S. The van der Waals surface area contributed by atoms with E-state index in [1.165, 1.54) is 5.56 Å². The number of hydrogen-bond acceptors (Lipinski definition) is 4. The second-order valence-electron chi connectivity index (χ2n) is 5.95. The summed E-state index contributed by atoms with van der Waals surface area (Å²) in [6.07, 6.45) is 0. The molecule has 2 aromatic carbocycles. The lowest BCUT2D eigenvalue weighted by molar-refractivity contribution is -0.119. The Morgan fingerprint density at radius 1 is 1.08 bits per heavy atom. The Hall–Kier alpha value is -2.14. The number of ether oxygens (including phenoxy) is 2. The summed E-state index contributed by atoms with van der Waals surface area (Å²) >= 11 is 1.57. The Balaban J connectivity index is 1.63. The highest BCUT2D eigenvalue weighted by Crippen LogP contribution is 2.18. The zero-order chi connectivity index (χ0) is 18.8. The maximum absolute atomic E-state index is 12.1. The Kier molecular flexibility index (Phi) is 8.35. The zero-order valence-electron chi connectivity index (χ0n) is 15.7. The standard InChI is InChI=1S/C21H27NO3S/c1-4-24-18-9-11-19(12-10-18)25-13-14-26-15-21(23)22-17(3)20-8-6-5-7-16(20)2/h5-12,17H,4,13-15H2,1-3H3,(H,22,23). The zero-order valence-corrected chi connectivity index (χ0v) is 16.5. The first-order valence-electron chi connectivity index (χ1n) is 8.88. The van der Waals surface area contributed by atoms with Gasteiger partial charge in [0, 0.05) is 5.75 Å². The van der Waals surface area contributed by atoms with Crippen LogP contribution in [0.25, 0.3) is 0 Å². The lowest BCUT2D eigenvalue weighted by Crippen LogP contribution is -2.28. The largest absolute Gasteiger partial charge is 0.494 e. The van der Waals surface area contributed by atoms with Crippen molar-refractivity contribution in [2.75, 3.05) is 24.7 Å². The minimum atomic E-state index is 0.0180. The van der Waals surface area contributed by atoms with E-state index in [9.17, 15) is 4.79 Å². The molecule has 0 bridgehead atoms. The van der Waals surface area contributed by atoms with Crippen molar-refractivity contribution in [3.63, 3.8) is 0 Å². The second kappa shape index (κ2) is 10.8. The highest BCUT2D eigenvalue weighted by Gasteiger charge is 2.11. The molecule has 5 heteroatoms. The molecule has 0 spiro atoms. The van der Waals surface area contributed by atoms with Gasteiger partial charge >= 0.3 is 0 Å². The quantitative estimate of drug-likeness (QED) is 0.628.